The lowest BCUT2D eigenvalue weighted by atomic mass is 10.1. The predicted molar refractivity (Wildman–Crippen MR) is 81.6 cm³/mol. The quantitative estimate of drug-likeness (QED) is 0.850. The maximum absolute atomic E-state index is 12.2. The molecule has 1 heterocycles. The zero-order valence-electron chi connectivity index (χ0n) is 13.1. The topological polar surface area (TPSA) is 77.2 Å². The zero-order chi connectivity index (χ0) is 15.9. The first-order valence-corrected chi connectivity index (χ1v) is 7.41. The summed E-state index contributed by atoms with van der Waals surface area (Å²) in [5, 5.41) is 6.64. The van der Waals surface area contributed by atoms with E-state index >= 15 is 0 Å². The molecule has 0 aliphatic heterocycles. The Bertz CT molecular complexity index is 623. The minimum absolute atomic E-state index is 0.223. The number of nitrogens with one attached hydrogen (secondary N) is 1. The average Bonchev–Trinajstić information content (AvgIpc) is 2.92. The molecule has 0 atom stereocenters. The van der Waals surface area contributed by atoms with E-state index in [0.717, 1.165) is 6.42 Å². The summed E-state index contributed by atoms with van der Waals surface area (Å²) in [4.78, 5) is 16.5. The molecule has 0 saturated heterocycles. The molecule has 1 aromatic carbocycles. The van der Waals surface area contributed by atoms with Crippen molar-refractivity contribution >= 4 is 5.91 Å². The van der Waals surface area contributed by atoms with Crippen LogP contribution in [0.2, 0.25) is 0 Å². The van der Waals surface area contributed by atoms with Crippen molar-refractivity contribution < 1.29 is 14.1 Å². The van der Waals surface area contributed by atoms with E-state index in [0.29, 0.717) is 35.6 Å². The van der Waals surface area contributed by atoms with Gasteiger partial charge in [-0.15, -0.1) is 0 Å². The maximum Gasteiger partial charge on any atom is 0.255 e. The minimum atomic E-state index is -0.223. The van der Waals surface area contributed by atoms with Crippen LogP contribution < -0.4 is 10.1 Å². The number of ether oxygens (including phenoxy) is 1. The normalized spacial score (nSPS) is 10.7. The second-order valence-electron chi connectivity index (χ2n) is 5.31. The molecular formula is C16H21N3O3. The number of hydrogen-bond donors (Lipinski definition) is 1. The van der Waals surface area contributed by atoms with Crippen molar-refractivity contribution in [3.05, 3.63) is 41.5 Å². The number of amides is 1. The van der Waals surface area contributed by atoms with Crippen molar-refractivity contribution in [3.8, 4) is 5.75 Å². The first-order valence-electron chi connectivity index (χ1n) is 7.41. The predicted octanol–water partition coefficient (Wildman–Crippen LogP) is 2.60. The molecule has 0 aliphatic rings. The van der Waals surface area contributed by atoms with Gasteiger partial charge in [-0.05, 0) is 25.0 Å². The van der Waals surface area contributed by atoms with Gasteiger partial charge >= 0.3 is 0 Å². The Morgan fingerprint density at radius 2 is 2.14 bits per heavy atom. The van der Waals surface area contributed by atoms with Crippen molar-refractivity contribution in [2.45, 2.75) is 33.7 Å². The molecule has 1 aromatic heterocycles. The summed E-state index contributed by atoms with van der Waals surface area (Å²) < 4.78 is 10.6. The summed E-state index contributed by atoms with van der Waals surface area (Å²) in [6.07, 6.45) is 0.730. The van der Waals surface area contributed by atoms with Crippen LogP contribution in [0.1, 0.15) is 42.8 Å². The lowest BCUT2D eigenvalue weighted by Crippen LogP contribution is -2.24. The Labute approximate surface area is 129 Å². The van der Waals surface area contributed by atoms with E-state index in [1.54, 1.807) is 18.2 Å². The molecule has 6 nitrogen and oxygen atoms in total. The number of carbonyl (C=O) groups excluding carboxylic acids is 1. The third kappa shape index (κ3) is 4.31. The van der Waals surface area contributed by atoms with Crippen molar-refractivity contribution in [1.29, 1.82) is 0 Å². The van der Waals surface area contributed by atoms with Crippen LogP contribution in [0.15, 0.2) is 28.8 Å². The Kier molecular flexibility index (Phi) is 5.52. The van der Waals surface area contributed by atoms with Gasteiger partial charge in [0.1, 0.15) is 5.75 Å². The molecular weight excluding hydrogens is 282 g/mol. The van der Waals surface area contributed by atoms with Crippen molar-refractivity contribution in [2.24, 2.45) is 5.92 Å². The first kappa shape index (κ1) is 16.0. The molecule has 1 N–H and O–H groups in total. The number of aromatic nitrogens is 2. The third-order valence-electron chi connectivity index (χ3n) is 2.93. The SMILES string of the molecule is CCOc1ccccc1C(=O)NCc1noc(CC(C)C)n1. The molecule has 0 unspecified atom stereocenters. The van der Waals surface area contributed by atoms with E-state index in [-0.39, 0.29) is 12.5 Å². The van der Waals surface area contributed by atoms with Crippen LogP contribution in [-0.2, 0) is 13.0 Å². The summed E-state index contributed by atoms with van der Waals surface area (Å²) in [7, 11) is 0. The fourth-order valence-corrected chi connectivity index (χ4v) is 1.98. The van der Waals surface area contributed by atoms with Crippen LogP contribution in [0, 0.1) is 5.92 Å². The lowest BCUT2D eigenvalue weighted by Gasteiger charge is -2.09. The number of hydrogen-bond acceptors (Lipinski definition) is 5. The van der Waals surface area contributed by atoms with Gasteiger partial charge in [0.25, 0.3) is 5.91 Å². The molecule has 0 radical (unpaired) electrons. The molecule has 2 aromatic rings. The zero-order valence-corrected chi connectivity index (χ0v) is 13.1. The van der Waals surface area contributed by atoms with Crippen molar-refractivity contribution in [3.63, 3.8) is 0 Å². The van der Waals surface area contributed by atoms with Gasteiger partial charge in [-0.25, -0.2) is 0 Å². The highest BCUT2D eigenvalue weighted by Gasteiger charge is 2.13. The Hall–Kier alpha value is -2.37. The molecule has 6 heteroatoms. The van der Waals surface area contributed by atoms with Crippen molar-refractivity contribution in [2.75, 3.05) is 6.61 Å². The van der Waals surface area contributed by atoms with Gasteiger partial charge in [-0.3, -0.25) is 4.79 Å². The van der Waals surface area contributed by atoms with E-state index in [1.165, 1.54) is 0 Å². The molecule has 1 amide bonds. The molecule has 0 aliphatic carbocycles. The van der Waals surface area contributed by atoms with Crippen LogP contribution in [0.4, 0.5) is 0 Å². The van der Waals surface area contributed by atoms with Gasteiger partial charge in [-0.2, -0.15) is 4.98 Å². The minimum Gasteiger partial charge on any atom is -0.493 e. The van der Waals surface area contributed by atoms with Gasteiger partial charge in [0, 0.05) is 6.42 Å². The van der Waals surface area contributed by atoms with Gasteiger partial charge < -0.3 is 14.6 Å². The highest BCUT2D eigenvalue weighted by Crippen LogP contribution is 2.17. The number of nitrogens with zero attached hydrogens (tertiary/aromatic N) is 2. The molecule has 0 spiro atoms. The second-order valence-corrected chi connectivity index (χ2v) is 5.31. The second kappa shape index (κ2) is 7.59. The highest BCUT2D eigenvalue weighted by atomic mass is 16.5. The van der Waals surface area contributed by atoms with Gasteiger partial charge in [-0.1, -0.05) is 31.1 Å². The number of benzene rings is 1. The monoisotopic (exact) mass is 303 g/mol. The van der Waals surface area contributed by atoms with E-state index in [1.807, 2.05) is 13.0 Å². The number of carbonyl (C=O) groups is 1. The van der Waals surface area contributed by atoms with Crippen LogP contribution in [0.5, 0.6) is 5.75 Å². The van der Waals surface area contributed by atoms with E-state index < -0.39 is 0 Å². The number of rotatable bonds is 7. The van der Waals surface area contributed by atoms with E-state index in [9.17, 15) is 4.79 Å². The van der Waals surface area contributed by atoms with Gasteiger partial charge in [0.2, 0.25) is 5.89 Å². The summed E-state index contributed by atoms with van der Waals surface area (Å²) in [5.41, 5.74) is 0.496. The van der Waals surface area contributed by atoms with Crippen LogP contribution in [0.25, 0.3) is 0 Å². The molecule has 22 heavy (non-hydrogen) atoms. The first-order chi connectivity index (χ1) is 10.6. The molecule has 0 bridgehead atoms. The van der Waals surface area contributed by atoms with Crippen LogP contribution in [-0.4, -0.2) is 22.7 Å². The Balaban J connectivity index is 1.96. The highest BCUT2D eigenvalue weighted by molar-refractivity contribution is 5.96. The lowest BCUT2D eigenvalue weighted by molar-refractivity contribution is 0.0946. The van der Waals surface area contributed by atoms with E-state index in [2.05, 4.69) is 29.3 Å². The average molecular weight is 303 g/mol. The largest absolute Gasteiger partial charge is 0.493 e. The Morgan fingerprint density at radius 3 is 2.86 bits per heavy atom. The summed E-state index contributed by atoms with van der Waals surface area (Å²) in [5.74, 6) is 1.85. The molecule has 0 saturated carbocycles. The molecule has 118 valence electrons. The fourth-order valence-electron chi connectivity index (χ4n) is 1.98. The fraction of sp³-hybridized carbons (Fsp3) is 0.438. The maximum atomic E-state index is 12.2. The van der Waals surface area contributed by atoms with Crippen LogP contribution in [0.3, 0.4) is 0 Å². The summed E-state index contributed by atoms with van der Waals surface area (Å²) in [6, 6.07) is 7.12. The number of para-hydroxylation sites is 1. The smallest absolute Gasteiger partial charge is 0.255 e. The standard InChI is InChI=1S/C16H21N3O3/c1-4-21-13-8-6-5-7-12(13)16(20)17-10-14-18-15(22-19-14)9-11(2)3/h5-8,11H,4,9-10H2,1-3H3,(H,17,20). The third-order valence-corrected chi connectivity index (χ3v) is 2.93. The molecule has 2 rings (SSSR count). The molecule has 0 fully saturated rings. The summed E-state index contributed by atoms with van der Waals surface area (Å²) >= 11 is 0. The Morgan fingerprint density at radius 1 is 1.36 bits per heavy atom. The van der Waals surface area contributed by atoms with Crippen molar-refractivity contribution in [1.82, 2.24) is 15.5 Å². The van der Waals surface area contributed by atoms with Crippen LogP contribution >= 0.6 is 0 Å². The van der Waals surface area contributed by atoms with E-state index in [4.69, 9.17) is 9.26 Å². The van der Waals surface area contributed by atoms with Gasteiger partial charge in [0.05, 0.1) is 18.7 Å². The van der Waals surface area contributed by atoms with Gasteiger partial charge in [0.15, 0.2) is 5.82 Å². The summed E-state index contributed by atoms with van der Waals surface area (Å²) in [6.45, 7) is 6.77.